The number of aliphatic hydroxyl groups excluding tert-OH is 1. The molecule has 0 aromatic heterocycles. The summed E-state index contributed by atoms with van der Waals surface area (Å²) in [7, 11) is 0. The van der Waals surface area contributed by atoms with E-state index in [1.807, 2.05) is 0 Å². The molecule has 0 spiro atoms. The van der Waals surface area contributed by atoms with E-state index in [0.717, 1.165) is 6.42 Å². The summed E-state index contributed by atoms with van der Waals surface area (Å²) in [5.41, 5.74) is 0. The molecular weight excluding hydrogens is 198 g/mol. The van der Waals surface area contributed by atoms with E-state index >= 15 is 0 Å². The van der Waals surface area contributed by atoms with E-state index in [1.165, 1.54) is 57.8 Å². The van der Waals surface area contributed by atoms with Crippen LogP contribution < -0.4 is 5.32 Å². The molecule has 0 heterocycles. The first-order valence-electron chi connectivity index (χ1n) is 7.23. The van der Waals surface area contributed by atoms with Crippen LogP contribution in [-0.2, 0) is 0 Å². The minimum atomic E-state index is 0.306. The van der Waals surface area contributed by atoms with E-state index in [4.69, 9.17) is 0 Å². The lowest BCUT2D eigenvalue weighted by molar-refractivity contribution is 0.217. The highest BCUT2D eigenvalue weighted by Gasteiger charge is 2.15. The molecule has 1 unspecified atom stereocenters. The number of hydrogen-bond donors (Lipinski definition) is 2. The fourth-order valence-corrected chi connectivity index (χ4v) is 2.65. The van der Waals surface area contributed by atoms with Crippen LogP contribution in [0.3, 0.4) is 0 Å². The number of unbranched alkanes of at least 4 members (excludes halogenated alkanes) is 2. The molecule has 1 fully saturated rings. The van der Waals surface area contributed by atoms with Crippen molar-refractivity contribution in [2.24, 2.45) is 0 Å². The standard InChI is InChI=1S/C14H29NO/c1-2-3-6-11-14(12-16)15-13-9-7-4-5-8-10-13/h13-16H,2-12H2,1H3. The molecular formula is C14H29NO. The highest BCUT2D eigenvalue weighted by molar-refractivity contribution is 4.76. The van der Waals surface area contributed by atoms with Gasteiger partial charge in [0.05, 0.1) is 6.61 Å². The van der Waals surface area contributed by atoms with Crippen molar-refractivity contribution in [1.82, 2.24) is 5.32 Å². The van der Waals surface area contributed by atoms with Crippen molar-refractivity contribution < 1.29 is 5.11 Å². The Hall–Kier alpha value is -0.0800. The van der Waals surface area contributed by atoms with Gasteiger partial charge in [-0.2, -0.15) is 0 Å². The van der Waals surface area contributed by atoms with Crippen LogP contribution in [0.1, 0.15) is 71.1 Å². The summed E-state index contributed by atoms with van der Waals surface area (Å²) in [4.78, 5) is 0. The maximum absolute atomic E-state index is 9.36. The monoisotopic (exact) mass is 227 g/mol. The summed E-state index contributed by atoms with van der Waals surface area (Å²) in [5, 5.41) is 13.0. The van der Waals surface area contributed by atoms with Gasteiger partial charge in [0.1, 0.15) is 0 Å². The third-order valence-corrected chi connectivity index (χ3v) is 3.70. The predicted octanol–water partition coefficient (Wildman–Crippen LogP) is 3.24. The molecule has 2 N–H and O–H groups in total. The van der Waals surface area contributed by atoms with Crippen LogP contribution >= 0.6 is 0 Å². The Labute approximate surface area is 101 Å². The Bertz CT molecular complexity index is 153. The van der Waals surface area contributed by atoms with Crippen molar-refractivity contribution in [1.29, 1.82) is 0 Å². The highest BCUT2D eigenvalue weighted by Crippen LogP contribution is 2.18. The smallest absolute Gasteiger partial charge is 0.0584 e. The van der Waals surface area contributed by atoms with Gasteiger partial charge in [-0.3, -0.25) is 0 Å². The van der Waals surface area contributed by atoms with Gasteiger partial charge in [-0.05, 0) is 19.3 Å². The van der Waals surface area contributed by atoms with Crippen LogP contribution in [0.25, 0.3) is 0 Å². The van der Waals surface area contributed by atoms with Crippen molar-refractivity contribution in [2.45, 2.75) is 83.2 Å². The third-order valence-electron chi connectivity index (χ3n) is 3.70. The van der Waals surface area contributed by atoms with Crippen LogP contribution in [0.2, 0.25) is 0 Å². The summed E-state index contributed by atoms with van der Waals surface area (Å²) in [6.07, 6.45) is 13.1. The van der Waals surface area contributed by atoms with E-state index < -0.39 is 0 Å². The minimum Gasteiger partial charge on any atom is -0.395 e. The lowest BCUT2D eigenvalue weighted by Crippen LogP contribution is -2.40. The molecule has 0 aromatic carbocycles. The molecule has 1 saturated carbocycles. The quantitative estimate of drug-likeness (QED) is 0.517. The summed E-state index contributed by atoms with van der Waals surface area (Å²) < 4.78 is 0. The Kier molecular flexibility index (Phi) is 7.87. The molecule has 16 heavy (non-hydrogen) atoms. The molecule has 96 valence electrons. The lowest BCUT2D eigenvalue weighted by atomic mass is 10.0. The van der Waals surface area contributed by atoms with Crippen molar-refractivity contribution in [3.05, 3.63) is 0 Å². The molecule has 0 aromatic rings. The van der Waals surface area contributed by atoms with Gasteiger partial charge in [-0.25, -0.2) is 0 Å². The first-order chi connectivity index (χ1) is 7.86. The van der Waals surface area contributed by atoms with Gasteiger partial charge in [0.2, 0.25) is 0 Å². The van der Waals surface area contributed by atoms with Crippen LogP contribution in [0.4, 0.5) is 0 Å². The summed E-state index contributed by atoms with van der Waals surface area (Å²) >= 11 is 0. The first kappa shape index (κ1) is 14.0. The Morgan fingerprint density at radius 1 is 1.12 bits per heavy atom. The SMILES string of the molecule is CCCCCC(CO)NC1CCCCCC1. The maximum atomic E-state index is 9.36. The Morgan fingerprint density at radius 3 is 2.38 bits per heavy atom. The molecule has 0 radical (unpaired) electrons. The molecule has 0 bridgehead atoms. The maximum Gasteiger partial charge on any atom is 0.0584 e. The van der Waals surface area contributed by atoms with Crippen LogP contribution in [0.15, 0.2) is 0 Å². The van der Waals surface area contributed by atoms with Gasteiger partial charge in [0.15, 0.2) is 0 Å². The highest BCUT2D eigenvalue weighted by atomic mass is 16.3. The fraction of sp³-hybridized carbons (Fsp3) is 1.00. The first-order valence-corrected chi connectivity index (χ1v) is 7.23. The van der Waals surface area contributed by atoms with Gasteiger partial charge >= 0.3 is 0 Å². The van der Waals surface area contributed by atoms with E-state index in [1.54, 1.807) is 0 Å². The van der Waals surface area contributed by atoms with Crippen molar-refractivity contribution in [3.63, 3.8) is 0 Å². The van der Waals surface area contributed by atoms with Crippen LogP contribution in [0.5, 0.6) is 0 Å². The number of rotatable bonds is 7. The average molecular weight is 227 g/mol. The molecule has 0 aliphatic heterocycles. The van der Waals surface area contributed by atoms with E-state index in [0.29, 0.717) is 18.7 Å². The van der Waals surface area contributed by atoms with E-state index in [2.05, 4.69) is 12.2 Å². The van der Waals surface area contributed by atoms with Crippen molar-refractivity contribution in [3.8, 4) is 0 Å². The third kappa shape index (κ3) is 5.86. The zero-order valence-electron chi connectivity index (χ0n) is 10.9. The zero-order chi connectivity index (χ0) is 11.6. The van der Waals surface area contributed by atoms with E-state index in [9.17, 15) is 5.11 Å². The zero-order valence-corrected chi connectivity index (χ0v) is 10.9. The minimum absolute atomic E-state index is 0.306. The average Bonchev–Trinajstić information content (AvgIpc) is 2.56. The molecule has 1 aliphatic rings. The fourth-order valence-electron chi connectivity index (χ4n) is 2.65. The second-order valence-corrected chi connectivity index (χ2v) is 5.23. The summed E-state index contributed by atoms with van der Waals surface area (Å²) in [6, 6.07) is 1.01. The Balaban J connectivity index is 2.19. The molecule has 1 rings (SSSR count). The number of aliphatic hydroxyl groups is 1. The second-order valence-electron chi connectivity index (χ2n) is 5.23. The summed E-state index contributed by atoms with van der Waals surface area (Å²) in [6.45, 7) is 2.53. The largest absolute Gasteiger partial charge is 0.395 e. The summed E-state index contributed by atoms with van der Waals surface area (Å²) in [5.74, 6) is 0. The van der Waals surface area contributed by atoms with Gasteiger partial charge in [-0.15, -0.1) is 0 Å². The van der Waals surface area contributed by atoms with E-state index in [-0.39, 0.29) is 0 Å². The molecule has 2 nitrogen and oxygen atoms in total. The number of hydrogen-bond acceptors (Lipinski definition) is 2. The Morgan fingerprint density at radius 2 is 1.81 bits per heavy atom. The molecule has 0 amide bonds. The van der Waals surface area contributed by atoms with Crippen molar-refractivity contribution >= 4 is 0 Å². The molecule has 0 saturated heterocycles. The predicted molar refractivity (Wildman–Crippen MR) is 69.6 cm³/mol. The van der Waals surface area contributed by atoms with Crippen LogP contribution in [-0.4, -0.2) is 23.8 Å². The van der Waals surface area contributed by atoms with Crippen LogP contribution in [0, 0.1) is 0 Å². The van der Waals surface area contributed by atoms with Gasteiger partial charge in [-0.1, -0.05) is 51.9 Å². The number of nitrogens with one attached hydrogen (secondary N) is 1. The van der Waals surface area contributed by atoms with Gasteiger partial charge < -0.3 is 10.4 Å². The second kappa shape index (κ2) is 9.00. The van der Waals surface area contributed by atoms with Crippen molar-refractivity contribution in [2.75, 3.05) is 6.61 Å². The molecule has 1 aliphatic carbocycles. The molecule has 2 heteroatoms. The molecule has 1 atom stereocenters. The topological polar surface area (TPSA) is 32.3 Å². The van der Waals surface area contributed by atoms with Gasteiger partial charge in [0.25, 0.3) is 0 Å². The normalized spacial score (nSPS) is 20.6. The lowest BCUT2D eigenvalue weighted by Gasteiger charge is -2.23. The van der Waals surface area contributed by atoms with Gasteiger partial charge in [0, 0.05) is 12.1 Å².